The first-order valence-corrected chi connectivity index (χ1v) is 10.8. The first-order valence-electron chi connectivity index (χ1n) is 9.96. The van der Waals surface area contributed by atoms with Crippen LogP contribution in [0.25, 0.3) is 0 Å². The molecule has 2 aromatic carbocycles. The van der Waals surface area contributed by atoms with Crippen molar-refractivity contribution in [3.05, 3.63) is 63.9 Å². The Kier molecular flexibility index (Phi) is 8.84. The Morgan fingerprint density at radius 1 is 1.10 bits per heavy atom. The smallest absolute Gasteiger partial charge is 0.261 e. The molecule has 0 aliphatic rings. The van der Waals surface area contributed by atoms with Crippen molar-refractivity contribution in [2.24, 2.45) is 0 Å². The van der Waals surface area contributed by atoms with Gasteiger partial charge >= 0.3 is 0 Å². The van der Waals surface area contributed by atoms with Gasteiger partial charge in [-0.15, -0.1) is 0 Å². The molecule has 0 bridgehead atoms. The predicted molar refractivity (Wildman–Crippen MR) is 119 cm³/mol. The van der Waals surface area contributed by atoms with Crippen molar-refractivity contribution in [3.8, 4) is 5.75 Å². The van der Waals surface area contributed by atoms with Crippen LogP contribution in [0.4, 0.5) is 4.39 Å². The summed E-state index contributed by atoms with van der Waals surface area (Å²) in [6, 6.07) is 10.8. The number of carbonyl (C=O) groups is 2. The maximum Gasteiger partial charge on any atom is 0.261 e. The average molecular weight is 479 g/mol. The number of aryl methyl sites for hydroxylation is 1. The summed E-state index contributed by atoms with van der Waals surface area (Å²) in [6.07, 6.45) is 0.895. The van der Waals surface area contributed by atoms with Gasteiger partial charge in [0.2, 0.25) is 5.91 Å². The number of nitrogens with zero attached hydrogens (tertiary/aromatic N) is 1. The first kappa shape index (κ1) is 23.9. The molecule has 2 rings (SSSR count). The van der Waals surface area contributed by atoms with E-state index in [4.69, 9.17) is 4.74 Å². The topological polar surface area (TPSA) is 58.6 Å². The number of halogens is 2. The summed E-state index contributed by atoms with van der Waals surface area (Å²) >= 11 is 3.47. The molecule has 30 heavy (non-hydrogen) atoms. The molecule has 0 saturated carbocycles. The van der Waals surface area contributed by atoms with Crippen LogP contribution in [0.5, 0.6) is 5.75 Å². The third-order valence-electron chi connectivity index (χ3n) is 4.62. The molecule has 0 saturated heterocycles. The summed E-state index contributed by atoms with van der Waals surface area (Å²) in [5, 5.41) is 2.83. The van der Waals surface area contributed by atoms with Gasteiger partial charge < -0.3 is 15.0 Å². The summed E-state index contributed by atoms with van der Waals surface area (Å²) in [5.41, 5.74) is 1.87. The number of benzene rings is 2. The third kappa shape index (κ3) is 6.83. The lowest BCUT2D eigenvalue weighted by Gasteiger charge is -2.29. The highest BCUT2D eigenvalue weighted by atomic mass is 79.9. The van der Waals surface area contributed by atoms with Gasteiger partial charge in [-0.3, -0.25) is 9.59 Å². The number of amides is 2. The number of rotatable bonds is 9. The number of hydrogen-bond acceptors (Lipinski definition) is 3. The van der Waals surface area contributed by atoms with Crippen LogP contribution in [-0.4, -0.2) is 35.4 Å². The molecule has 2 amide bonds. The van der Waals surface area contributed by atoms with Gasteiger partial charge in [0, 0.05) is 12.6 Å². The summed E-state index contributed by atoms with van der Waals surface area (Å²) < 4.78 is 19.7. The highest BCUT2D eigenvalue weighted by Crippen LogP contribution is 2.26. The largest absolute Gasteiger partial charge is 0.483 e. The maximum atomic E-state index is 13.2. The predicted octanol–water partition coefficient (Wildman–Crippen LogP) is 4.47. The maximum absolute atomic E-state index is 13.2. The second-order valence-corrected chi connectivity index (χ2v) is 8.25. The number of nitrogens with one attached hydrogen (secondary N) is 1. The molecule has 1 atom stereocenters. The van der Waals surface area contributed by atoms with Crippen LogP contribution < -0.4 is 10.1 Å². The Balaban J connectivity index is 2.16. The van der Waals surface area contributed by atoms with Gasteiger partial charge in [-0.1, -0.05) is 25.1 Å². The van der Waals surface area contributed by atoms with Crippen LogP contribution in [-0.2, 0) is 22.6 Å². The van der Waals surface area contributed by atoms with Gasteiger partial charge in [0.15, 0.2) is 6.61 Å². The fourth-order valence-electron chi connectivity index (χ4n) is 2.88. The lowest BCUT2D eigenvalue weighted by molar-refractivity contribution is -0.142. The van der Waals surface area contributed by atoms with Crippen molar-refractivity contribution in [2.45, 2.75) is 52.7 Å². The van der Waals surface area contributed by atoms with Crippen LogP contribution in [0.2, 0.25) is 0 Å². The lowest BCUT2D eigenvalue weighted by Crippen LogP contribution is -2.50. The van der Waals surface area contributed by atoms with E-state index in [9.17, 15) is 14.0 Å². The molecule has 0 aliphatic carbocycles. The second-order valence-electron chi connectivity index (χ2n) is 7.39. The lowest BCUT2D eigenvalue weighted by atomic mass is 10.1. The zero-order valence-corrected chi connectivity index (χ0v) is 19.3. The zero-order valence-electron chi connectivity index (χ0n) is 17.7. The fraction of sp³-hybridized carbons (Fsp3) is 0.391. The molecule has 1 N–H and O–H groups in total. The molecule has 0 spiro atoms. The minimum atomic E-state index is -0.709. The van der Waals surface area contributed by atoms with Gasteiger partial charge in [-0.2, -0.15) is 0 Å². The quantitative estimate of drug-likeness (QED) is 0.578. The van der Waals surface area contributed by atoms with E-state index in [2.05, 4.69) is 28.2 Å². The Morgan fingerprint density at radius 2 is 1.73 bits per heavy atom. The summed E-state index contributed by atoms with van der Waals surface area (Å²) in [4.78, 5) is 27.0. The van der Waals surface area contributed by atoms with Gasteiger partial charge in [0.25, 0.3) is 5.91 Å². The minimum Gasteiger partial charge on any atom is -0.483 e. The van der Waals surface area contributed by atoms with Crippen LogP contribution in [0.1, 0.15) is 38.8 Å². The number of carbonyl (C=O) groups excluding carboxylic acids is 2. The minimum absolute atomic E-state index is 0.0491. The van der Waals surface area contributed by atoms with E-state index >= 15 is 0 Å². The van der Waals surface area contributed by atoms with Gasteiger partial charge in [-0.25, -0.2) is 4.39 Å². The molecule has 5 nitrogen and oxygen atoms in total. The Bertz CT molecular complexity index is 871. The highest BCUT2D eigenvalue weighted by Gasteiger charge is 2.27. The third-order valence-corrected chi connectivity index (χ3v) is 5.24. The monoisotopic (exact) mass is 478 g/mol. The molecule has 0 aromatic heterocycles. The molecule has 0 unspecified atom stereocenters. The van der Waals surface area contributed by atoms with Crippen LogP contribution >= 0.6 is 15.9 Å². The Hall–Kier alpha value is -2.41. The molecule has 2 aromatic rings. The van der Waals surface area contributed by atoms with E-state index in [0.717, 1.165) is 22.0 Å². The zero-order chi connectivity index (χ0) is 22.3. The molecule has 0 fully saturated rings. The normalized spacial score (nSPS) is 11.8. The summed E-state index contributed by atoms with van der Waals surface area (Å²) in [5.74, 6) is -0.390. The van der Waals surface area contributed by atoms with Crippen LogP contribution in [0.3, 0.4) is 0 Å². The summed E-state index contributed by atoms with van der Waals surface area (Å²) in [7, 11) is 0. The second kappa shape index (κ2) is 11.1. The van der Waals surface area contributed by atoms with E-state index in [1.54, 1.807) is 19.1 Å². The van der Waals surface area contributed by atoms with E-state index in [1.165, 1.54) is 17.0 Å². The molecule has 0 heterocycles. The Labute approximate surface area is 185 Å². The molecular formula is C23H28BrFN2O3. The molecule has 0 radical (unpaired) electrons. The SMILES string of the molecule is CCc1ccc(OCC(=O)N(Cc2ccc(F)cc2)[C@@H](C)C(=O)NC(C)C)c(Br)c1. The number of hydrogen-bond donors (Lipinski definition) is 1. The first-order chi connectivity index (χ1) is 14.2. The van der Waals surface area contributed by atoms with Crippen molar-refractivity contribution in [2.75, 3.05) is 6.61 Å². The van der Waals surface area contributed by atoms with Crippen molar-refractivity contribution in [1.82, 2.24) is 10.2 Å². The fourth-order valence-corrected chi connectivity index (χ4v) is 3.42. The van der Waals surface area contributed by atoms with Gasteiger partial charge in [0.1, 0.15) is 17.6 Å². The van der Waals surface area contributed by atoms with Crippen LogP contribution in [0, 0.1) is 5.82 Å². The standard InChI is InChI=1S/C23H28BrFN2O3/c1-5-17-8-11-21(20(24)12-17)30-14-22(28)27(16(4)23(29)26-15(2)3)13-18-6-9-19(25)10-7-18/h6-12,15-16H,5,13-14H2,1-4H3,(H,26,29)/t16-/m0/s1. The Morgan fingerprint density at radius 3 is 2.30 bits per heavy atom. The molecule has 162 valence electrons. The van der Waals surface area contributed by atoms with Crippen molar-refractivity contribution >= 4 is 27.7 Å². The van der Waals surface area contributed by atoms with Crippen molar-refractivity contribution in [1.29, 1.82) is 0 Å². The van der Waals surface area contributed by atoms with Crippen LogP contribution in [0.15, 0.2) is 46.9 Å². The molecule has 0 aliphatic heterocycles. The van der Waals surface area contributed by atoms with E-state index < -0.39 is 6.04 Å². The van der Waals surface area contributed by atoms with Gasteiger partial charge in [0.05, 0.1) is 4.47 Å². The van der Waals surface area contributed by atoms with E-state index in [1.807, 2.05) is 32.0 Å². The van der Waals surface area contributed by atoms with Crippen molar-refractivity contribution < 1.29 is 18.7 Å². The molecular weight excluding hydrogens is 451 g/mol. The number of ether oxygens (including phenoxy) is 1. The molecule has 7 heteroatoms. The average Bonchev–Trinajstić information content (AvgIpc) is 2.71. The summed E-state index contributed by atoms with van der Waals surface area (Å²) in [6.45, 7) is 7.40. The van der Waals surface area contributed by atoms with Crippen molar-refractivity contribution in [3.63, 3.8) is 0 Å². The van der Waals surface area contributed by atoms with E-state index in [-0.39, 0.29) is 36.8 Å². The van der Waals surface area contributed by atoms with Gasteiger partial charge in [-0.05, 0) is 78.5 Å². The van der Waals surface area contributed by atoms with E-state index in [0.29, 0.717) is 5.75 Å². The highest BCUT2D eigenvalue weighted by molar-refractivity contribution is 9.10.